The molecule has 0 N–H and O–H groups in total. The highest BCUT2D eigenvalue weighted by molar-refractivity contribution is 6.30. The second-order valence-electron chi connectivity index (χ2n) is 4.22. The fraction of sp³-hybridized carbons (Fsp3) is 0.133. The normalized spacial score (nSPS) is 10.1. The SMILES string of the molecule is CCOC(=O)c1cc([N+](=O)[O-])ccc1Oc1cccc(Cl)c1. The molecule has 0 saturated carbocycles. The van der Waals surface area contributed by atoms with Crippen LogP contribution in [0, 0.1) is 10.1 Å². The van der Waals surface area contributed by atoms with E-state index in [4.69, 9.17) is 21.1 Å². The Kier molecular flexibility index (Phi) is 4.95. The Balaban J connectivity index is 2.41. The average molecular weight is 322 g/mol. The molecule has 22 heavy (non-hydrogen) atoms. The van der Waals surface area contributed by atoms with E-state index in [1.54, 1.807) is 31.2 Å². The Bertz CT molecular complexity index is 717. The number of nitrogens with zero attached hydrogens (tertiary/aromatic N) is 1. The molecule has 0 aliphatic heterocycles. The summed E-state index contributed by atoms with van der Waals surface area (Å²) in [5.41, 5.74) is -0.238. The topological polar surface area (TPSA) is 78.7 Å². The quantitative estimate of drug-likeness (QED) is 0.468. The Morgan fingerprint density at radius 1 is 1.27 bits per heavy atom. The van der Waals surface area contributed by atoms with Crippen molar-refractivity contribution in [2.75, 3.05) is 6.61 Å². The van der Waals surface area contributed by atoms with Crippen molar-refractivity contribution in [3.8, 4) is 11.5 Å². The zero-order valence-electron chi connectivity index (χ0n) is 11.6. The molecule has 2 rings (SSSR count). The van der Waals surface area contributed by atoms with Crippen molar-refractivity contribution in [3.63, 3.8) is 0 Å². The second-order valence-corrected chi connectivity index (χ2v) is 4.65. The number of carbonyl (C=O) groups is 1. The zero-order valence-corrected chi connectivity index (χ0v) is 12.4. The van der Waals surface area contributed by atoms with Gasteiger partial charge in [0.1, 0.15) is 17.1 Å². The molecule has 0 unspecified atom stereocenters. The summed E-state index contributed by atoms with van der Waals surface area (Å²) in [4.78, 5) is 22.2. The number of hydrogen-bond acceptors (Lipinski definition) is 5. The Morgan fingerprint density at radius 3 is 2.68 bits per heavy atom. The van der Waals surface area contributed by atoms with Crippen LogP contribution in [-0.4, -0.2) is 17.5 Å². The molecule has 7 heteroatoms. The Hall–Kier alpha value is -2.60. The van der Waals surface area contributed by atoms with Crippen molar-refractivity contribution in [3.05, 3.63) is 63.2 Å². The summed E-state index contributed by atoms with van der Waals surface area (Å²) in [6.07, 6.45) is 0. The highest BCUT2D eigenvalue weighted by Gasteiger charge is 2.19. The Morgan fingerprint density at radius 2 is 2.05 bits per heavy atom. The van der Waals surface area contributed by atoms with Crippen molar-refractivity contribution in [2.24, 2.45) is 0 Å². The highest BCUT2D eigenvalue weighted by Crippen LogP contribution is 2.30. The first-order valence-corrected chi connectivity index (χ1v) is 6.78. The lowest BCUT2D eigenvalue weighted by molar-refractivity contribution is -0.384. The summed E-state index contributed by atoms with van der Waals surface area (Å²) in [5, 5.41) is 11.3. The van der Waals surface area contributed by atoms with Gasteiger partial charge in [-0.05, 0) is 31.2 Å². The van der Waals surface area contributed by atoms with Crippen LogP contribution in [0.4, 0.5) is 5.69 Å². The maximum absolute atomic E-state index is 11.9. The molecule has 6 nitrogen and oxygen atoms in total. The van der Waals surface area contributed by atoms with Gasteiger partial charge in [-0.1, -0.05) is 17.7 Å². The fourth-order valence-corrected chi connectivity index (χ4v) is 1.93. The maximum Gasteiger partial charge on any atom is 0.342 e. The van der Waals surface area contributed by atoms with Crippen LogP contribution in [0.15, 0.2) is 42.5 Å². The molecule has 0 heterocycles. The predicted octanol–water partition coefficient (Wildman–Crippen LogP) is 4.22. The van der Waals surface area contributed by atoms with Gasteiger partial charge in [0.25, 0.3) is 5.69 Å². The van der Waals surface area contributed by atoms with E-state index >= 15 is 0 Å². The van der Waals surface area contributed by atoms with Gasteiger partial charge in [-0.3, -0.25) is 10.1 Å². The maximum atomic E-state index is 11.9. The zero-order chi connectivity index (χ0) is 16.1. The molecular weight excluding hydrogens is 310 g/mol. The molecule has 0 fully saturated rings. The molecular formula is C15H12ClNO5. The average Bonchev–Trinajstić information content (AvgIpc) is 2.47. The molecule has 0 aromatic heterocycles. The second kappa shape index (κ2) is 6.91. The number of rotatable bonds is 5. The van der Waals surface area contributed by atoms with Crippen LogP contribution in [0.2, 0.25) is 5.02 Å². The number of non-ortho nitro benzene ring substituents is 1. The third kappa shape index (κ3) is 3.73. The van der Waals surface area contributed by atoms with Gasteiger partial charge in [0.2, 0.25) is 0 Å². The lowest BCUT2D eigenvalue weighted by atomic mass is 10.1. The minimum atomic E-state index is -0.691. The van der Waals surface area contributed by atoms with Crippen LogP contribution in [0.3, 0.4) is 0 Å². The number of esters is 1. The van der Waals surface area contributed by atoms with Crippen molar-refractivity contribution in [1.82, 2.24) is 0 Å². The molecule has 0 aliphatic carbocycles. The predicted molar refractivity (Wildman–Crippen MR) is 80.6 cm³/mol. The van der Waals surface area contributed by atoms with Gasteiger partial charge in [0.05, 0.1) is 11.5 Å². The van der Waals surface area contributed by atoms with E-state index in [1.807, 2.05) is 0 Å². The largest absolute Gasteiger partial charge is 0.462 e. The van der Waals surface area contributed by atoms with Crippen LogP contribution >= 0.6 is 11.6 Å². The van der Waals surface area contributed by atoms with Gasteiger partial charge < -0.3 is 9.47 Å². The molecule has 114 valence electrons. The van der Waals surface area contributed by atoms with Crippen molar-refractivity contribution in [1.29, 1.82) is 0 Å². The van der Waals surface area contributed by atoms with E-state index in [9.17, 15) is 14.9 Å². The van der Waals surface area contributed by atoms with Crippen LogP contribution in [0.5, 0.6) is 11.5 Å². The van der Waals surface area contributed by atoms with Gasteiger partial charge in [-0.15, -0.1) is 0 Å². The molecule has 0 bridgehead atoms. The molecule has 0 radical (unpaired) electrons. The van der Waals surface area contributed by atoms with E-state index in [-0.39, 0.29) is 23.6 Å². The summed E-state index contributed by atoms with van der Waals surface area (Å²) in [7, 11) is 0. The summed E-state index contributed by atoms with van der Waals surface area (Å²) < 4.78 is 10.5. The number of benzene rings is 2. The van der Waals surface area contributed by atoms with E-state index < -0.39 is 10.9 Å². The summed E-state index contributed by atoms with van der Waals surface area (Å²) in [6, 6.07) is 10.3. The van der Waals surface area contributed by atoms with Gasteiger partial charge in [0.15, 0.2) is 0 Å². The third-order valence-corrected chi connectivity index (χ3v) is 2.93. The molecule has 2 aromatic carbocycles. The van der Waals surface area contributed by atoms with E-state index in [2.05, 4.69) is 0 Å². The van der Waals surface area contributed by atoms with E-state index in [0.29, 0.717) is 10.8 Å². The number of carbonyl (C=O) groups excluding carboxylic acids is 1. The first-order valence-electron chi connectivity index (χ1n) is 6.40. The minimum absolute atomic E-state index is 0.0176. The van der Waals surface area contributed by atoms with E-state index in [0.717, 1.165) is 6.07 Å². The number of halogens is 1. The number of hydrogen-bond donors (Lipinski definition) is 0. The first kappa shape index (κ1) is 15.8. The highest BCUT2D eigenvalue weighted by atomic mass is 35.5. The number of nitro groups is 1. The van der Waals surface area contributed by atoms with Crippen molar-refractivity contribution in [2.45, 2.75) is 6.92 Å². The van der Waals surface area contributed by atoms with Gasteiger partial charge in [0, 0.05) is 17.2 Å². The van der Waals surface area contributed by atoms with Gasteiger partial charge >= 0.3 is 5.97 Å². The van der Waals surface area contributed by atoms with Crippen LogP contribution < -0.4 is 4.74 Å². The monoisotopic (exact) mass is 321 g/mol. The molecule has 0 saturated heterocycles. The van der Waals surface area contributed by atoms with Gasteiger partial charge in [-0.2, -0.15) is 0 Å². The Labute approximate surface area is 131 Å². The van der Waals surface area contributed by atoms with Crippen LogP contribution in [-0.2, 0) is 4.74 Å². The molecule has 0 atom stereocenters. The smallest absolute Gasteiger partial charge is 0.342 e. The van der Waals surface area contributed by atoms with Crippen LogP contribution in [0.25, 0.3) is 0 Å². The van der Waals surface area contributed by atoms with Gasteiger partial charge in [-0.25, -0.2) is 4.79 Å². The third-order valence-electron chi connectivity index (χ3n) is 2.69. The summed E-state index contributed by atoms with van der Waals surface area (Å²) in [5.74, 6) is -0.124. The molecule has 0 spiro atoms. The summed E-state index contributed by atoms with van der Waals surface area (Å²) >= 11 is 5.87. The lowest BCUT2D eigenvalue weighted by Gasteiger charge is -2.10. The number of ether oxygens (including phenoxy) is 2. The van der Waals surface area contributed by atoms with E-state index in [1.165, 1.54) is 12.1 Å². The van der Waals surface area contributed by atoms with Crippen LogP contribution in [0.1, 0.15) is 17.3 Å². The minimum Gasteiger partial charge on any atom is -0.462 e. The van der Waals surface area contributed by atoms with Crippen molar-refractivity contribution >= 4 is 23.3 Å². The molecule has 0 amide bonds. The standard InChI is InChI=1S/C15H12ClNO5/c1-2-21-15(18)13-9-11(17(19)20)6-7-14(13)22-12-5-3-4-10(16)8-12/h3-9H,2H2,1H3. The summed E-state index contributed by atoms with van der Waals surface area (Å²) in [6.45, 7) is 1.80. The fourth-order valence-electron chi connectivity index (χ4n) is 1.75. The lowest BCUT2D eigenvalue weighted by Crippen LogP contribution is -2.07. The van der Waals surface area contributed by atoms with Crippen molar-refractivity contribution < 1.29 is 19.2 Å². The first-order chi connectivity index (χ1) is 10.5. The molecule has 2 aromatic rings. The molecule has 0 aliphatic rings. The number of nitro benzene ring substituents is 1.